The second-order valence-corrected chi connectivity index (χ2v) is 5.65. The molecule has 3 N–H and O–H groups in total. The van der Waals surface area contributed by atoms with Crippen molar-refractivity contribution < 1.29 is 18.4 Å². The van der Waals surface area contributed by atoms with Gasteiger partial charge in [-0.15, -0.1) is 12.4 Å². The van der Waals surface area contributed by atoms with E-state index in [4.69, 9.17) is 4.42 Å². The Bertz CT molecular complexity index is 765. The van der Waals surface area contributed by atoms with Crippen LogP contribution in [0.15, 0.2) is 34.9 Å². The quantitative estimate of drug-likeness (QED) is 0.774. The predicted molar refractivity (Wildman–Crippen MR) is 93.3 cm³/mol. The van der Waals surface area contributed by atoms with Crippen LogP contribution in [0.3, 0.4) is 0 Å². The van der Waals surface area contributed by atoms with E-state index in [1.807, 2.05) is 0 Å². The fourth-order valence-corrected chi connectivity index (χ4v) is 2.61. The van der Waals surface area contributed by atoms with Crippen LogP contribution in [0.2, 0.25) is 0 Å². The van der Waals surface area contributed by atoms with E-state index in [1.165, 1.54) is 19.3 Å². The standard InChI is InChI=1S/C17H18FN3O3.ClH/c1-10(20-17(23)14-3-2-8-24-14)16(22)21-13-5-4-11-9-19-7-6-12(11)15(13)18;/h2-5,8,10,19H,6-7,9H2,1H3,(H,20,23)(H,21,22);1H. The number of furan rings is 1. The molecule has 0 spiro atoms. The number of halogens is 2. The Balaban J connectivity index is 0.00000225. The molecule has 3 rings (SSSR count). The fraction of sp³-hybridized carbons (Fsp3) is 0.294. The molecule has 2 heterocycles. The van der Waals surface area contributed by atoms with E-state index in [0.29, 0.717) is 25.1 Å². The molecule has 1 unspecified atom stereocenters. The Morgan fingerprint density at radius 1 is 1.32 bits per heavy atom. The average molecular weight is 368 g/mol. The third-order valence-corrected chi connectivity index (χ3v) is 3.95. The first-order chi connectivity index (χ1) is 11.6. The monoisotopic (exact) mass is 367 g/mol. The summed E-state index contributed by atoms with van der Waals surface area (Å²) < 4.78 is 19.5. The van der Waals surface area contributed by atoms with Crippen molar-refractivity contribution in [2.75, 3.05) is 11.9 Å². The van der Waals surface area contributed by atoms with Crippen molar-refractivity contribution >= 4 is 29.9 Å². The molecule has 0 radical (unpaired) electrons. The highest BCUT2D eigenvalue weighted by atomic mass is 35.5. The lowest BCUT2D eigenvalue weighted by Crippen LogP contribution is -2.41. The van der Waals surface area contributed by atoms with Gasteiger partial charge in [0.1, 0.15) is 11.9 Å². The number of carbonyl (C=O) groups excluding carboxylic acids is 2. The smallest absolute Gasteiger partial charge is 0.287 e. The van der Waals surface area contributed by atoms with Gasteiger partial charge in [0.2, 0.25) is 5.91 Å². The Morgan fingerprint density at radius 3 is 2.84 bits per heavy atom. The zero-order chi connectivity index (χ0) is 17.1. The fourth-order valence-electron chi connectivity index (χ4n) is 2.61. The summed E-state index contributed by atoms with van der Waals surface area (Å²) >= 11 is 0. The van der Waals surface area contributed by atoms with Gasteiger partial charge in [0.25, 0.3) is 5.91 Å². The molecule has 1 aliphatic heterocycles. The lowest BCUT2D eigenvalue weighted by atomic mass is 9.99. The summed E-state index contributed by atoms with van der Waals surface area (Å²) in [5.41, 5.74) is 1.65. The van der Waals surface area contributed by atoms with Gasteiger partial charge in [-0.05, 0) is 49.2 Å². The highest BCUT2D eigenvalue weighted by Gasteiger charge is 2.21. The van der Waals surface area contributed by atoms with Crippen LogP contribution in [0.4, 0.5) is 10.1 Å². The molecule has 134 valence electrons. The van der Waals surface area contributed by atoms with E-state index >= 15 is 0 Å². The summed E-state index contributed by atoms with van der Waals surface area (Å²) in [5, 5.41) is 8.21. The maximum absolute atomic E-state index is 14.5. The maximum Gasteiger partial charge on any atom is 0.287 e. The minimum Gasteiger partial charge on any atom is -0.459 e. The van der Waals surface area contributed by atoms with E-state index in [1.54, 1.807) is 18.2 Å². The molecule has 25 heavy (non-hydrogen) atoms. The van der Waals surface area contributed by atoms with Crippen molar-refractivity contribution in [1.29, 1.82) is 0 Å². The lowest BCUT2D eigenvalue weighted by Gasteiger charge is -2.20. The van der Waals surface area contributed by atoms with Crippen LogP contribution in [0.5, 0.6) is 0 Å². The average Bonchev–Trinajstić information content (AvgIpc) is 3.12. The SMILES string of the molecule is CC(NC(=O)c1ccco1)C(=O)Nc1ccc2c(c1F)CCNC2.Cl. The summed E-state index contributed by atoms with van der Waals surface area (Å²) in [6.07, 6.45) is 1.95. The number of nitrogens with one attached hydrogen (secondary N) is 3. The number of anilines is 1. The van der Waals surface area contributed by atoms with Gasteiger partial charge in [-0.25, -0.2) is 4.39 Å². The van der Waals surface area contributed by atoms with Gasteiger partial charge in [0.05, 0.1) is 12.0 Å². The summed E-state index contributed by atoms with van der Waals surface area (Å²) in [7, 11) is 0. The molecular formula is C17H19ClFN3O3. The molecule has 0 aliphatic carbocycles. The van der Waals surface area contributed by atoms with Gasteiger partial charge in [-0.1, -0.05) is 6.07 Å². The van der Waals surface area contributed by atoms with Gasteiger partial charge in [-0.2, -0.15) is 0 Å². The maximum atomic E-state index is 14.5. The minimum atomic E-state index is -0.834. The number of rotatable bonds is 4. The summed E-state index contributed by atoms with van der Waals surface area (Å²) in [6.45, 7) is 2.85. The van der Waals surface area contributed by atoms with Crippen LogP contribution in [-0.2, 0) is 17.8 Å². The normalized spacial score (nSPS) is 14.0. The van der Waals surface area contributed by atoms with Crippen molar-refractivity contribution in [2.45, 2.75) is 25.9 Å². The van der Waals surface area contributed by atoms with Gasteiger partial charge < -0.3 is 20.4 Å². The van der Waals surface area contributed by atoms with Crippen LogP contribution >= 0.6 is 12.4 Å². The molecule has 0 fully saturated rings. The number of benzene rings is 1. The van der Waals surface area contributed by atoms with Gasteiger partial charge in [0, 0.05) is 6.54 Å². The van der Waals surface area contributed by atoms with E-state index < -0.39 is 23.7 Å². The number of amides is 2. The second-order valence-electron chi connectivity index (χ2n) is 5.65. The van der Waals surface area contributed by atoms with Crippen molar-refractivity contribution in [3.8, 4) is 0 Å². The minimum absolute atomic E-state index is 0. The zero-order valence-electron chi connectivity index (χ0n) is 13.6. The molecule has 1 atom stereocenters. The lowest BCUT2D eigenvalue weighted by molar-refractivity contribution is -0.117. The first-order valence-corrected chi connectivity index (χ1v) is 7.72. The van der Waals surface area contributed by atoms with Crippen molar-refractivity contribution in [1.82, 2.24) is 10.6 Å². The topological polar surface area (TPSA) is 83.4 Å². The van der Waals surface area contributed by atoms with Crippen LogP contribution < -0.4 is 16.0 Å². The Labute approximate surface area is 150 Å². The molecule has 2 amide bonds. The molecule has 1 aromatic heterocycles. The molecule has 8 heteroatoms. The van der Waals surface area contributed by atoms with Crippen LogP contribution in [0.1, 0.15) is 28.6 Å². The molecule has 0 bridgehead atoms. The van der Waals surface area contributed by atoms with Crippen LogP contribution in [-0.4, -0.2) is 24.4 Å². The van der Waals surface area contributed by atoms with Crippen molar-refractivity contribution in [3.05, 3.63) is 53.2 Å². The summed E-state index contributed by atoms with van der Waals surface area (Å²) in [6, 6.07) is 5.58. The van der Waals surface area contributed by atoms with E-state index in [0.717, 1.165) is 5.56 Å². The molecule has 0 saturated carbocycles. The Morgan fingerprint density at radius 2 is 2.12 bits per heavy atom. The third-order valence-electron chi connectivity index (χ3n) is 3.95. The Kier molecular flexibility index (Phi) is 6.17. The number of hydrogen-bond donors (Lipinski definition) is 3. The number of carbonyl (C=O) groups is 2. The van der Waals surface area contributed by atoms with Crippen LogP contribution in [0, 0.1) is 5.82 Å². The summed E-state index contributed by atoms with van der Waals surface area (Å²) in [5.74, 6) is -1.30. The van der Waals surface area contributed by atoms with E-state index in [-0.39, 0.29) is 23.9 Å². The zero-order valence-corrected chi connectivity index (χ0v) is 14.4. The third kappa shape index (κ3) is 4.18. The van der Waals surface area contributed by atoms with Crippen molar-refractivity contribution in [3.63, 3.8) is 0 Å². The highest BCUT2D eigenvalue weighted by Crippen LogP contribution is 2.24. The first-order valence-electron chi connectivity index (χ1n) is 7.72. The molecule has 1 aromatic carbocycles. The van der Waals surface area contributed by atoms with Gasteiger partial charge >= 0.3 is 0 Å². The molecule has 2 aromatic rings. The van der Waals surface area contributed by atoms with Crippen LogP contribution in [0.25, 0.3) is 0 Å². The number of hydrogen-bond acceptors (Lipinski definition) is 4. The highest BCUT2D eigenvalue weighted by molar-refractivity contribution is 6.00. The molecule has 0 saturated heterocycles. The Hall–Kier alpha value is -2.38. The van der Waals surface area contributed by atoms with Gasteiger partial charge in [-0.3, -0.25) is 9.59 Å². The predicted octanol–water partition coefficient (Wildman–Crippen LogP) is 2.24. The first kappa shape index (κ1) is 19.0. The number of fused-ring (bicyclic) bond motifs is 1. The van der Waals surface area contributed by atoms with E-state index in [9.17, 15) is 14.0 Å². The second kappa shape index (κ2) is 8.13. The molecule has 1 aliphatic rings. The largest absolute Gasteiger partial charge is 0.459 e. The molecular weight excluding hydrogens is 349 g/mol. The summed E-state index contributed by atoms with van der Waals surface area (Å²) in [4.78, 5) is 24.1. The van der Waals surface area contributed by atoms with Crippen molar-refractivity contribution in [2.24, 2.45) is 0 Å². The van der Waals surface area contributed by atoms with Gasteiger partial charge in [0.15, 0.2) is 5.76 Å². The molecule has 6 nitrogen and oxygen atoms in total. The van der Waals surface area contributed by atoms with E-state index in [2.05, 4.69) is 16.0 Å².